The molecule has 7 nitrogen and oxygen atoms in total. The van der Waals surface area contributed by atoms with Gasteiger partial charge in [-0.05, 0) is 48.6 Å². The standard InChI is InChI=1S/C22H28N4O3S/c1-30(28,29)26-17-9-7-15(8-10-17)19-11-12-23-22-20(19)13-18(25-22)14-21(27)24-16-5-3-2-4-6-16/h7-12,16,18,26H,2-6,13-14H2,1H3,(H,23,25)(H,24,27). The average molecular weight is 429 g/mol. The van der Waals surface area contributed by atoms with Crippen molar-refractivity contribution in [2.24, 2.45) is 0 Å². The van der Waals surface area contributed by atoms with Crippen LogP contribution in [0, 0.1) is 0 Å². The largest absolute Gasteiger partial charge is 0.366 e. The molecule has 3 N–H and O–H groups in total. The minimum absolute atomic E-state index is 0.0309. The number of hydrogen-bond donors (Lipinski definition) is 3. The smallest absolute Gasteiger partial charge is 0.229 e. The van der Waals surface area contributed by atoms with E-state index in [1.807, 2.05) is 18.2 Å². The van der Waals surface area contributed by atoms with Crippen LogP contribution in [0.2, 0.25) is 0 Å². The minimum Gasteiger partial charge on any atom is -0.366 e. The van der Waals surface area contributed by atoms with Gasteiger partial charge in [0.15, 0.2) is 0 Å². The molecule has 0 saturated heterocycles. The van der Waals surface area contributed by atoms with Crippen LogP contribution in [0.3, 0.4) is 0 Å². The van der Waals surface area contributed by atoms with E-state index in [4.69, 9.17) is 0 Å². The molecule has 30 heavy (non-hydrogen) atoms. The molecule has 1 fully saturated rings. The minimum atomic E-state index is -3.30. The van der Waals surface area contributed by atoms with Gasteiger partial charge in [-0.25, -0.2) is 13.4 Å². The predicted molar refractivity (Wildman–Crippen MR) is 119 cm³/mol. The molecule has 0 spiro atoms. The fourth-order valence-electron chi connectivity index (χ4n) is 4.40. The fraction of sp³-hybridized carbons (Fsp3) is 0.455. The van der Waals surface area contributed by atoms with Crippen LogP contribution >= 0.6 is 0 Å². The first kappa shape index (κ1) is 20.7. The van der Waals surface area contributed by atoms with E-state index < -0.39 is 10.0 Å². The molecule has 2 heterocycles. The molecule has 0 bridgehead atoms. The number of sulfonamides is 1. The number of anilines is 2. The summed E-state index contributed by atoms with van der Waals surface area (Å²) in [4.78, 5) is 16.9. The summed E-state index contributed by atoms with van der Waals surface area (Å²) in [6.07, 6.45) is 9.89. The number of rotatable bonds is 6. The number of hydrogen-bond acceptors (Lipinski definition) is 5. The fourth-order valence-corrected chi connectivity index (χ4v) is 4.96. The molecule has 1 aromatic heterocycles. The van der Waals surface area contributed by atoms with Gasteiger partial charge in [0.1, 0.15) is 5.82 Å². The Balaban J connectivity index is 1.43. The number of pyridine rings is 1. The van der Waals surface area contributed by atoms with Crippen LogP contribution in [0.5, 0.6) is 0 Å². The Morgan fingerprint density at radius 2 is 1.87 bits per heavy atom. The number of fused-ring (bicyclic) bond motifs is 1. The van der Waals surface area contributed by atoms with Gasteiger partial charge in [0.2, 0.25) is 15.9 Å². The van der Waals surface area contributed by atoms with E-state index in [0.717, 1.165) is 48.0 Å². The molecule has 1 saturated carbocycles. The predicted octanol–water partition coefficient (Wildman–Crippen LogP) is 3.30. The Kier molecular flexibility index (Phi) is 5.94. The quantitative estimate of drug-likeness (QED) is 0.656. The lowest BCUT2D eigenvalue weighted by Crippen LogP contribution is -2.38. The zero-order valence-corrected chi connectivity index (χ0v) is 18.0. The molecule has 1 atom stereocenters. The van der Waals surface area contributed by atoms with Crippen molar-refractivity contribution >= 4 is 27.4 Å². The van der Waals surface area contributed by atoms with E-state index in [1.54, 1.807) is 18.3 Å². The topological polar surface area (TPSA) is 100 Å². The van der Waals surface area contributed by atoms with Crippen molar-refractivity contribution < 1.29 is 13.2 Å². The average Bonchev–Trinajstić information content (AvgIpc) is 3.10. The van der Waals surface area contributed by atoms with Gasteiger partial charge < -0.3 is 10.6 Å². The van der Waals surface area contributed by atoms with Gasteiger partial charge in [-0.15, -0.1) is 0 Å². The van der Waals surface area contributed by atoms with Crippen LogP contribution in [-0.2, 0) is 21.2 Å². The van der Waals surface area contributed by atoms with Gasteiger partial charge in [0, 0.05) is 36.0 Å². The lowest BCUT2D eigenvalue weighted by atomic mass is 9.95. The van der Waals surface area contributed by atoms with Crippen molar-refractivity contribution in [1.29, 1.82) is 0 Å². The van der Waals surface area contributed by atoms with E-state index in [9.17, 15) is 13.2 Å². The molecule has 2 aliphatic rings. The van der Waals surface area contributed by atoms with Gasteiger partial charge in [0.05, 0.1) is 6.26 Å². The maximum absolute atomic E-state index is 12.5. The molecule has 1 amide bonds. The van der Waals surface area contributed by atoms with E-state index in [1.165, 1.54) is 19.3 Å². The first-order valence-corrected chi connectivity index (χ1v) is 12.4. The first-order chi connectivity index (χ1) is 14.4. The van der Waals surface area contributed by atoms with Crippen molar-refractivity contribution in [2.75, 3.05) is 16.3 Å². The van der Waals surface area contributed by atoms with Crippen molar-refractivity contribution in [1.82, 2.24) is 10.3 Å². The Morgan fingerprint density at radius 3 is 2.57 bits per heavy atom. The number of amides is 1. The molecular formula is C22H28N4O3S. The van der Waals surface area contributed by atoms with Crippen LogP contribution in [0.1, 0.15) is 44.1 Å². The molecule has 1 aliphatic carbocycles. The summed E-state index contributed by atoms with van der Waals surface area (Å²) in [5.41, 5.74) is 3.66. The van der Waals surface area contributed by atoms with Gasteiger partial charge in [0.25, 0.3) is 0 Å². The number of nitrogens with one attached hydrogen (secondary N) is 3. The summed E-state index contributed by atoms with van der Waals surface area (Å²) >= 11 is 0. The second kappa shape index (κ2) is 8.63. The normalized spacial score (nSPS) is 19.0. The SMILES string of the molecule is CS(=O)(=O)Nc1ccc(-c2ccnc3c2CC(CC(=O)NC2CCCCC2)N3)cc1. The number of aromatic nitrogens is 1. The Morgan fingerprint density at radius 1 is 1.13 bits per heavy atom. The van der Waals surface area contributed by atoms with Gasteiger partial charge in [-0.3, -0.25) is 9.52 Å². The van der Waals surface area contributed by atoms with Crippen molar-refractivity contribution in [3.8, 4) is 11.1 Å². The lowest BCUT2D eigenvalue weighted by Gasteiger charge is -2.23. The second-order valence-corrected chi connectivity index (χ2v) is 10.0. The van der Waals surface area contributed by atoms with Crippen LogP contribution < -0.4 is 15.4 Å². The maximum atomic E-state index is 12.5. The van der Waals surface area contributed by atoms with E-state index >= 15 is 0 Å². The molecule has 1 aromatic carbocycles. The third-order valence-electron chi connectivity index (χ3n) is 5.75. The number of benzene rings is 1. The van der Waals surface area contributed by atoms with E-state index in [-0.39, 0.29) is 11.9 Å². The van der Waals surface area contributed by atoms with Crippen molar-refractivity contribution in [3.05, 3.63) is 42.1 Å². The highest BCUT2D eigenvalue weighted by Crippen LogP contribution is 2.34. The monoisotopic (exact) mass is 428 g/mol. The second-order valence-electron chi connectivity index (χ2n) is 8.29. The molecule has 4 rings (SSSR count). The summed E-state index contributed by atoms with van der Waals surface area (Å²) in [6, 6.07) is 9.61. The van der Waals surface area contributed by atoms with Crippen LogP contribution in [0.25, 0.3) is 11.1 Å². The Hall–Kier alpha value is -2.61. The van der Waals surface area contributed by atoms with Crippen molar-refractivity contribution in [2.45, 2.75) is 57.0 Å². The zero-order chi connectivity index (χ0) is 21.1. The Labute approximate surface area is 177 Å². The highest BCUT2D eigenvalue weighted by atomic mass is 32.2. The summed E-state index contributed by atoms with van der Waals surface area (Å²) in [7, 11) is -3.30. The zero-order valence-electron chi connectivity index (χ0n) is 17.1. The molecule has 1 aliphatic heterocycles. The third kappa shape index (κ3) is 5.11. The van der Waals surface area contributed by atoms with E-state index in [2.05, 4.69) is 20.3 Å². The summed E-state index contributed by atoms with van der Waals surface area (Å²) in [5.74, 6) is 0.922. The summed E-state index contributed by atoms with van der Waals surface area (Å²) in [5, 5.41) is 6.58. The molecule has 0 radical (unpaired) electrons. The number of nitrogens with zero attached hydrogens (tertiary/aromatic N) is 1. The molecule has 8 heteroatoms. The highest BCUT2D eigenvalue weighted by Gasteiger charge is 2.27. The number of carbonyl (C=O) groups is 1. The summed E-state index contributed by atoms with van der Waals surface area (Å²) < 4.78 is 25.3. The van der Waals surface area contributed by atoms with Crippen LogP contribution in [0.4, 0.5) is 11.5 Å². The van der Waals surface area contributed by atoms with Crippen LogP contribution in [0.15, 0.2) is 36.5 Å². The number of carbonyl (C=O) groups excluding carboxylic acids is 1. The Bertz CT molecular complexity index is 1020. The molecule has 1 unspecified atom stereocenters. The molecular weight excluding hydrogens is 400 g/mol. The first-order valence-electron chi connectivity index (χ1n) is 10.5. The van der Waals surface area contributed by atoms with Gasteiger partial charge in [-0.1, -0.05) is 31.4 Å². The lowest BCUT2D eigenvalue weighted by molar-refractivity contribution is -0.122. The van der Waals surface area contributed by atoms with Crippen LogP contribution in [-0.4, -0.2) is 37.6 Å². The van der Waals surface area contributed by atoms with Gasteiger partial charge >= 0.3 is 0 Å². The van der Waals surface area contributed by atoms with Gasteiger partial charge in [-0.2, -0.15) is 0 Å². The summed E-state index contributed by atoms with van der Waals surface area (Å²) in [6.45, 7) is 0. The van der Waals surface area contributed by atoms with E-state index in [0.29, 0.717) is 18.2 Å². The third-order valence-corrected chi connectivity index (χ3v) is 6.35. The molecule has 2 aromatic rings. The van der Waals surface area contributed by atoms with Crippen molar-refractivity contribution in [3.63, 3.8) is 0 Å². The maximum Gasteiger partial charge on any atom is 0.229 e. The molecule has 160 valence electrons. The highest BCUT2D eigenvalue weighted by molar-refractivity contribution is 7.92.